The Kier molecular flexibility index (Phi) is 10.2. The van der Waals surface area contributed by atoms with Crippen LogP contribution >= 0.6 is 7.82 Å². The van der Waals surface area contributed by atoms with Crippen LogP contribution in [0.2, 0.25) is 0 Å². The van der Waals surface area contributed by atoms with Crippen molar-refractivity contribution in [2.45, 2.75) is 6.10 Å². The standard InChI is InChI=1S/C5H14NO.C3H9O6P/c1-6(2,3)4-5-7;4-1-3(5)2-9-10(6,7)8/h7H,4-5H2,1-3H3;3-5H,1-2H2,(H2,6,7,8)/q+1;/p-1. The van der Waals surface area contributed by atoms with E-state index in [4.69, 9.17) is 20.2 Å². The highest BCUT2D eigenvalue weighted by Gasteiger charge is 2.06. The molecule has 8 nitrogen and oxygen atoms in total. The van der Waals surface area contributed by atoms with Crippen LogP contribution in [0.3, 0.4) is 0 Å². The summed E-state index contributed by atoms with van der Waals surface area (Å²) in [4.78, 5) is 17.8. The number of phosphoric acid groups is 1. The van der Waals surface area contributed by atoms with Gasteiger partial charge in [0.1, 0.15) is 12.6 Å². The molecular weight excluding hydrogens is 253 g/mol. The van der Waals surface area contributed by atoms with Crippen molar-refractivity contribution in [1.29, 1.82) is 0 Å². The van der Waals surface area contributed by atoms with Gasteiger partial charge in [0.05, 0.1) is 41.0 Å². The van der Waals surface area contributed by atoms with E-state index in [1.54, 1.807) is 0 Å². The lowest BCUT2D eigenvalue weighted by molar-refractivity contribution is -0.870. The van der Waals surface area contributed by atoms with Crippen LogP contribution in [-0.2, 0) is 9.09 Å². The number of hydrogen-bond acceptors (Lipinski definition) is 6. The van der Waals surface area contributed by atoms with Crippen molar-refractivity contribution < 1.29 is 38.7 Å². The molecule has 0 radical (unpaired) electrons. The van der Waals surface area contributed by atoms with Gasteiger partial charge in [-0.1, -0.05) is 0 Å². The summed E-state index contributed by atoms with van der Waals surface area (Å²) in [6.07, 6.45) is -1.28. The third-order valence-electron chi connectivity index (χ3n) is 1.41. The normalized spacial score (nSPS) is 16.7. The van der Waals surface area contributed by atoms with E-state index in [-0.39, 0.29) is 6.61 Å². The molecule has 2 unspecified atom stereocenters. The Hall–Kier alpha value is -0.0500. The molecule has 0 rings (SSSR count). The highest BCUT2D eigenvalue weighted by molar-refractivity contribution is 7.44. The second-order valence-electron chi connectivity index (χ2n) is 4.34. The zero-order valence-corrected chi connectivity index (χ0v) is 11.2. The molecule has 0 aromatic rings. The van der Waals surface area contributed by atoms with Gasteiger partial charge in [-0.05, 0) is 0 Å². The Morgan fingerprint density at radius 1 is 1.35 bits per heavy atom. The molecule has 106 valence electrons. The predicted octanol–water partition coefficient (Wildman–Crippen LogP) is -2.50. The minimum Gasteiger partial charge on any atom is -0.756 e. The zero-order chi connectivity index (χ0) is 14.1. The molecule has 17 heavy (non-hydrogen) atoms. The Morgan fingerprint density at radius 2 is 1.82 bits per heavy atom. The first-order valence-corrected chi connectivity index (χ1v) is 6.40. The molecule has 4 N–H and O–H groups in total. The van der Waals surface area contributed by atoms with Crippen LogP contribution in [0.15, 0.2) is 0 Å². The Labute approximate surface area is 101 Å². The van der Waals surface area contributed by atoms with Gasteiger partial charge in [0.25, 0.3) is 7.82 Å². The lowest BCUT2D eigenvalue weighted by atomic mass is 10.4. The number of rotatable bonds is 6. The number of hydrogen-bond donors (Lipinski definition) is 4. The summed E-state index contributed by atoms with van der Waals surface area (Å²) in [5.41, 5.74) is 0. The summed E-state index contributed by atoms with van der Waals surface area (Å²) in [5, 5.41) is 25.0. The SMILES string of the molecule is C[N+](C)(C)CCO.O=P([O-])(O)OCC(O)CO. The minimum atomic E-state index is -4.75. The summed E-state index contributed by atoms with van der Waals surface area (Å²) in [7, 11) is 1.40. The zero-order valence-electron chi connectivity index (χ0n) is 10.3. The van der Waals surface area contributed by atoms with Crippen LogP contribution in [0.1, 0.15) is 0 Å². The number of nitrogens with zero attached hydrogens (tertiary/aromatic N) is 1. The number of likely N-dealkylation sites (N-methyl/N-ethyl adjacent to an activating group) is 1. The van der Waals surface area contributed by atoms with Crippen molar-refractivity contribution in [3.05, 3.63) is 0 Å². The quantitative estimate of drug-likeness (QED) is 0.311. The molecule has 0 bridgehead atoms. The van der Waals surface area contributed by atoms with Crippen molar-refractivity contribution in [2.75, 3.05) is 47.5 Å². The number of aliphatic hydroxyl groups excluding tert-OH is 3. The van der Waals surface area contributed by atoms with Crippen LogP contribution in [0.25, 0.3) is 0 Å². The Balaban J connectivity index is 0. The fourth-order valence-electron chi connectivity index (χ4n) is 0.533. The smallest absolute Gasteiger partial charge is 0.265 e. The fourth-order valence-corrected chi connectivity index (χ4v) is 0.893. The van der Waals surface area contributed by atoms with Crippen molar-refractivity contribution >= 4 is 7.82 Å². The van der Waals surface area contributed by atoms with Gasteiger partial charge in [0, 0.05) is 0 Å². The van der Waals surface area contributed by atoms with E-state index in [0.717, 1.165) is 11.0 Å². The van der Waals surface area contributed by atoms with Gasteiger partial charge in [-0.2, -0.15) is 0 Å². The van der Waals surface area contributed by atoms with Crippen molar-refractivity contribution in [1.82, 2.24) is 0 Å². The van der Waals surface area contributed by atoms with Crippen LogP contribution in [0.5, 0.6) is 0 Å². The number of quaternary nitrogens is 1. The molecule has 0 aliphatic rings. The predicted molar refractivity (Wildman–Crippen MR) is 58.9 cm³/mol. The highest BCUT2D eigenvalue weighted by atomic mass is 31.2. The molecule has 0 aliphatic heterocycles. The fraction of sp³-hybridized carbons (Fsp3) is 1.00. The van der Waals surface area contributed by atoms with Gasteiger partial charge in [-0.3, -0.25) is 4.57 Å². The first kappa shape index (κ1) is 19.3. The molecule has 0 aromatic heterocycles. The number of aliphatic hydroxyl groups is 3. The van der Waals surface area contributed by atoms with E-state index in [1.165, 1.54) is 0 Å². The van der Waals surface area contributed by atoms with Gasteiger partial charge in [0.15, 0.2) is 0 Å². The van der Waals surface area contributed by atoms with Crippen molar-refractivity contribution in [3.8, 4) is 0 Å². The Bertz CT molecular complexity index is 224. The highest BCUT2D eigenvalue weighted by Crippen LogP contribution is 2.29. The van der Waals surface area contributed by atoms with E-state index in [2.05, 4.69) is 25.7 Å². The summed E-state index contributed by atoms with van der Waals surface area (Å²) in [6, 6.07) is 0. The Morgan fingerprint density at radius 3 is 2.00 bits per heavy atom. The maximum Gasteiger partial charge on any atom is 0.265 e. The van der Waals surface area contributed by atoms with Crippen LogP contribution in [0, 0.1) is 0 Å². The summed E-state index contributed by atoms with van der Waals surface area (Å²) < 4.78 is 14.4. The second-order valence-corrected chi connectivity index (χ2v) is 5.53. The molecule has 0 saturated carbocycles. The van der Waals surface area contributed by atoms with Gasteiger partial charge in [0.2, 0.25) is 0 Å². The summed E-state index contributed by atoms with van der Waals surface area (Å²) >= 11 is 0. The van der Waals surface area contributed by atoms with E-state index in [9.17, 15) is 9.46 Å². The van der Waals surface area contributed by atoms with Gasteiger partial charge in [-0.15, -0.1) is 0 Å². The topological polar surface area (TPSA) is 130 Å². The lowest BCUT2D eigenvalue weighted by Crippen LogP contribution is -2.36. The first-order chi connectivity index (χ1) is 7.52. The van der Waals surface area contributed by atoms with E-state index in [0.29, 0.717) is 0 Å². The molecule has 0 amide bonds. The van der Waals surface area contributed by atoms with Crippen molar-refractivity contribution in [2.24, 2.45) is 0 Å². The van der Waals surface area contributed by atoms with E-state index < -0.39 is 27.1 Å². The maximum atomic E-state index is 9.82. The molecule has 0 aromatic carbocycles. The van der Waals surface area contributed by atoms with Crippen molar-refractivity contribution in [3.63, 3.8) is 0 Å². The molecule has 2 atom stereocenters. The largest absolute Gasteiger partial charge is 0.756 e. The van der Waals surface area contributed by atoms with Crippen LogP contribution in [0.4, 0.5) is 0 Å². The van der Waals surface area contributed by atoms with Gasteiger partial charge >= 0.3 is 0 Å². The van der Waals surface area contributed by atoms with Crippen LogP contribution < -0.4 is 4.89 Å². The second kappa shape index (κ2) is 8.96. The maximum absolute atomic E-state index is 9.82. The summed E-state index contributed by atoms with van der Waals surface area (Å²) in [6.45, 7) is -0.128. The monoisotopic (exact) mass is 275 g/mol. The third-order valence-corrected chi connectivity index (χ3v) is 1.89. The van der Waals surface area contributed by atoms with Gasteiger partial charge in [-0.25, -0.2) is 0 Å². The third kappa shape index (κ3) is 21.7. The first-order valence-electron chi connectivity index (χ1n) is 4.90. The summed E-state index contributed by atoms with van der Waals surface area (Å²) in [5.74, 6) is 0. The molecule has 0 fully saturated rings. The van der Waals surface area contributed by atoms with E-state index in [1.807, 2.05) is 0 Å². The molecular formula is C8H22NO7P. The average Bonchev–Trinajstić information content (AvgIpc) is 2.12. The number of phosphoric ester groups is 1. The molecule has 9 heteroatoms. The minimum absolute atomic E-state index is 0.281. The average molecular weight is 275 g/mol. The lowest BCUT2D eigenvalue weighted by Gasteiger charge is -2.21. The van der Waals surface area contributed by atoms with E-state index >= 15 is 0 Å². The molecule has 0 aliphatic carbocycles. The molecule has 0 saturated heterocycles. The van der Waals surface area contributed by atoms with Gasteiger partial charge < -0.3 is 34.1 Å². The van der Waals surface area contributed by atoms with Crippen LogP contribution in [-0.4, -0.2) is 78.3 Å². The molecule has 0 spiro atoms. The molecule has 0 heterocycles.